The summed E-state index contributed by atoms with van der Waals surface area (Å²) in [5.41, 5.74) is 0.366. The van der Waals surface area contributed by atoms with Crippen LogP contribution in [0, 0.1) is 12.8 Å². The van der Waals surface area contributed by atoms with Crippen molar-refractivity contribution in [1.29, 1.82) is 0 Å². The second kappa shape index (κ2) is 5.90. The molecule has 7 nitrogen and oxygen atoms in total. The van der Waals surface area contributed by atoms with Crippen molar-refractivity contribution < 1.29 is 13.2 Å². The largest absolute Gasteiger partial charge is 0.340 e. The Hall–Kier alpha value is -1.19. The minimum atomic E-state index is -3.66. The van der Waals surface area contributed by atoms with Crippen molar-refractivity contribution in [3.63, 3.8) is 0 Å². The average Bonchev–Trinajstić information content (AvgIpc) is 2.77. The molecule has 2 rings (SSSR count). The highest BCUT2D eigenvalue weighted by Gasteiger charge is 2.32. The number of rotatable bonds is 3. The third-order valence-corrected chi connectivity index (χ3v) is 6.88. The van der Waals surface area contributed by atoms with E-state index >= 15 is 0 Å². The number of amides is 1. The van der Waals surface area contributed by atoms with Crippen LogP contribution < -0.4 is 4.87 Å². The van der Waals surface area contributed by atoms with Crippen LogP contribution in [0.5, 0.6) is 0 Å². The molecule has 1 aliphatic heterocycles. The van der Waals surface area contributed by atoms with Gasteiger partial charge in [0, 0.05) is 37.8 Å². The first-order chi connectivity index (χ1) is 9.73. The third-order valence-electron chi connectivity index (χ3n) is 3.40. The quantitative estimate of drug-likeness (QED) is 0.857. The van der Waals surface area contributed by atoms with Crippen LogP contribution in [-0.4, -0.2) is 54.7 Å². The number of H-pyrrole nitrogens is 1. The molecule has 0 aromatic carbocycles. The Bertz CT molecular complexity index is 682. The Labute approximate surface area is 127 Å². The van der Waals surface area contributed by atoms with E-state index in [0.29, 0.717) is 30.1 Å². The summed E-state index contributed by atoms with van der Waals surface area (Å²) < 4.78 is 26.4. The van der Waals surface area contributed by atoms with Gasteiger partial charge in [0.05, 0.1) is 0 Å². The molecular weight excluding hydrogens is 314 g/mol. The van der Waals surface area contributed by atoms with Crippen LogP contribution in [0.3, 0.4) is 0 Å². The number of nitrogens with one attached hydrogen (secondary N) is 1. The Morgan fingerprint density at radius 3 is 2.24 bits per heavy atom. The topological polar surface area (TPSA) is 90.5 Å². The number of thiazole rings is 1. The van der Waals surface area contributed by atoms with Gasteiger partial charge in [0.2, 0.25) is 5.91 Å². The van der Waals surface area contributed by atoms with Gasteiger partial charge in [-0.1, -0.05) is 25.2 Å². The van der Waals surface area contributed by atoms with E-state index < -0.39 is 10.0 Å². The Kier molecular flexibility index (Phi) is 4.54. The Balaban J connectivity index is 2.13. The summed E-state index contributed by atoms with van der Waals surface area (Å²) in [6.45, 7) is 6.50. The summed E-state index contributed by atoms with van der Waals surface area (Å²) in [6.07, 6.45) is 0. The van der Waals surface area contributed by atoms with E-state index in [0.717, 1.165) is 0 Å². The predicted octanol–water partition coefficient (Wildman–Crippen LogP) is 0.234. The Morgan fingerprint density at radius 1 is 1.24 bits per heavy atom. The van der Waals surface area contributed by atoms with Crippen LogP contribution >= 0.6 is 11.3 Å². The molecule has 0 bridgehead atoms. The molecule has 1 aromatic rings. The van der Waals surface area contributed by atoms with Crippen molar-refractivity contribution in [3.8, 4) is 0 Å². The molecule has 1 amide bonds. The van der Waals surface area contributed by atoms with E-state index in [4.69, 9.17) is 0 Å². The molecule has 0 radical (unpaired) electrons. The molecule has 1 saturated heterocycles. The second-order valence-corrected chi connectivity index (χ2v) is 8.43. The minimum absolute atomic E-state index is 0.0366. The number of hydrogen-bond donors (Lipinski definition) is 1. The van der Waals surface area contributed by atoms with E-state index in [2.05, 4.69) is 4.98 Å². The summed E-state index contributed by atoms with van der Waals surface area (Å²) in [6, 6.07) is 0. The first-order valence-electron chi connectivity index (χ1n) is 6.72. The summed E-state index contributed by atoms with van der Waals surface area (Å²) >= 11 is 0.706. The van der Waals surface area contributed by atoms with Crippen molar-refractivity contribution in [2.75, 3.05) is 26.2 Å². The zero-order chi connectivity index (χ0) is 15.8. The number of aromatic amines is 1. The highest BCUT2D eigenvalue weighted by molar-refractivity contribution is 7.91. The minimum Gasteiger partial charge on any atom is -0.340 e. The molecule has 118 valence electrons. The number of aromatic nitrogens is 1. The fourth-order valence-electron chi connectivity index (χ4n) is 2.27. The Morgan fingerprint density at radius 2 is 1.81 bits per heavy atom. The maximum atomic E-state index is 12.5. The van der Waals surface area contributed by atoms with Crippen molar-refractivity contribution in [3.05, 3.63) is 15.4 Å². The van der Waals surface area contributed by atoms with Gasteiger partial charge >= 0.3 is 4.87 Å². The molecule has 1 N–H and O–H groups in total. The van der Waals surface area contributed by atoms with Crippen LogP contribution in [0.2, 0.25) is 0 Å². The van der Waals surface area contributed by atoms with Crippen LogP contribution in [-0.2, 0) is 14.8 Å². The lowest BCUT2D eigenvalue weighted by molar-refractivity contribution is -0.135. The fraction of sp³-hybridized carbons (Fsp3) is 0.667. The van der Waals surface area contributed by atoms with Gasteiger partial charge in [0.25, 0.3) is 10.0 Å². The number of aryl methyl sites for hydroxylation is 1. The first kappa shape index (κ1) is 16.2. The zero-order valence-corrected chi connectivity index (χ0v) is 13.9. The third kappa shape index (κ3) is 3.19. The van der Waals surface area contributed by atoms with E-state index in [9.17, 15) is 18.0 Å². The van der Waals surface area contributed by atoms with Gasteiger partial charge < -0.3 is 9.88 Å². The molecule has 1 aliphatic rings. The molecule has 0 saturated carbocycles. The summed E-state index contributed by atoms with van der Waals surface area (Å²) in [7, 11) is -3.66. The SMILES string of the molecule is Cc1[nH]c(=O)sc1S(=O)(=O)N1CCN(C(=O)C(C)C)CC1. The van der Waals surface area contributed by atoms with Gasteiger partial charge in [-0.3, -0.25) is 9.59 Å². The van der Waals surface area contributed by atoms with Crippen LogP contribution in [0.15, 0.2) is 9.00 Å². The number of carbonyl (C=O) groups excluding carboxylic acids is 1. The highest BCUT2D eigenvalue weighted by Crippen LogP contribution is 2.22. The van der Waals surface area contributed by atoms with Crippen molar-refractivity contribution >= 4 is 27.3 Å². The molecule has 1 aromatic heterocycles. The van der Waals surface area contributed by atoms with Crippen LogP contribution in [0.1, 0.15) is 19.5 Å². The van der Waals surface area contributed by atoms with E-state index in [1.54, 1.807) is 11.8 Å². The standard InChI is InChI=1S/C12H19N3O4S2/c1-8(2)10(16)14-4-6-15(7-5-14)21(18,19)11-9(3)13-12(17)20-11/h8H,4-7H2,1-3H3,(H,13,17). The summed E-state index contributed by atoms with van der Waals surface area (Å²) in [5, 5.41) is 0. The predicted molar refractivity (Wildman–Crippen MR) is 79.9 cm³/mol. The maximum Gasteiger partial charge on any atom is 0.305 e. The van der Waals surface area contributed by atoms with Crippen molar-refractivity contribution in [2.24, 2.45) is 5.92 Å². The van der Waals surface area contributed by atoms with Crippen molar-refractivity contribution in [2.45, 2.75) is 25.0 Å². The van der Waals surface area contributed by atoms with Crippen molar-refractivity contribution in [1.82, 2.24) is 14.2 Å². The van der Waals surface area contributed by atoms with Gasteiger partial charge in [-0.25, -0.2) is 8.42 Å². The zero-order valence-electron chi connectivity index (χ0n) is 12.2. The number of piperazine rings is 1. The lowest BCUT2D eigenvalue weighted by Gasteiger charge is -2.34. The van der Waals surface area contributed by atoms with Gasteiger partial charge in [-0.2, -0.15) is 4.31 Å². The molecule has 0 aliphatic carbocycles. The highest BCUT2D eigenvalue weighted by atomic mass is 32.2. The van der Waals surface area contributed by atoms with E-state index in [-0.39, 0.29) is 34.0 Å². The molecule has 2 heterocycles. The fourth-order valence-corrected chi connectivity index (χ4v) is 5.13. The first-order valence-corrected chi connectivity index (χ1v) is 8.97. The average molecular weight is 333 g/mol. The molecule has 1 fully saturated rings. The van der Waals surface area contributed by atoms with Gasteiger partial charge in [-0.05, 0) is 6.92 Å². The molecule has 0 atom stereocenters. The number of sulfonamides is 1. The van der Waals surface area contributed by atoms with Gasteiger partial charge in [0.15, 0.2) is 4.21 Å². The smallest absolute Gasteiger partial charge is 0.305 e. The molecule has 0 unspecified atom stereocenters. The monoisotopic (exact) mass is 333 g/mol. The van der Waals surface area contributed by atoms with E-state index in [1.165, 1.54) is 4.31 Å². The second-order valence-electron chi connectivity index (χ2n) is 5.31. The summed E-state index contributed by atoms with van der Waals surface area (Å²) in [4.78, 5) is 27.0. The molecule has 21 heavy (non-hydrogen) atoms. The lowest BCUT2D eigenvalue weighted by atomic mass is 10.2. The number of carbonyl (C=O) groups is 1. The van der Waals surface area contributed by atoms with Gasteiger partial charge in [0.1, 0.15) is 0 Å². The molecular formula is C12H19N3O4S2. The number of nitrogens with zero attached hydrogens (tertiary/aromatic N) is 2. The molecule has 9 heteroatoms. The van der Waals surface area contributed by atoms with Crippen LogP contribution in [0.4, 0.5) is 0 Å². The lowest BCUT2D eigenvalue weighted by Crippen LogP contribution is -2.51. The number of hydrogen-bond acceptors (Lipinski definition) is 5. The summed E-state index contributed by atoms with van der Waals surface area (Å²) in [5.74, 6) is -0.0557. The normalized spacial score (nSPS) is 17.4. The van der Waals surface area contributed by atoms with Gasteiger partial charge in [-0.15, -0.1) is 0 Å². The maximum absolute atomic E-state index is 12.5. The molecule has 0 spiro atoms. The van der Waals surface area contributed by atoms with Crippen LogP contribution in [0.25, 0.3) is 0 Å². The van der Waals surface area contributed by atoms with E-state index in [1.807, 2.05) is 13.8 Å².